The Morgan fingerprint density at radius 2 is 2.00 bits per heavy atom. The van der Waals surface area contributed by atoms with E-state index in [0.717, 1.165) is 17.3 Å². The van der Waals surface area contributed by atoms with Gasteiger partial charge in [0.1, 0.15) is 0 Å². The molecular formula is C11H12BrNO2. The van der Waals surface area contributed by atoms with E-state index >= 15 is 0 Å². The quantitative estimate of drug-likeness (QED) is 0.730. The molecule has 1 N–H and O–H groups in total. The maximum Gasteiger partial charge on any atom is 0.247 e. The van der Waals surface area contributed by atoms with Gasteiger partial charge < -0.3 is 5.32 Å². The molecule has 0 bridgehead atoms. The third kappa shape index (κ3) is 2.20. The number of hydrogen-bond donors (Lipinski definition) is 1. The van der Waals surface area contributed by atoms with Crippen LogP contribution in [0, 0.1) is 0 Å². The zero-order chi connectivity index (χ0) is 10.8. The summed E-state index contributed by atoms with van der Waals surface area (Å²) in [7, 11) is 0. The minimum absolute atomic E-state index is 0.0715. The largest absolute Gasteiger partial charge is 0.352 e. The molecule has 1 heterocycles. The Labute approximate surface area is 96.7 Å². The van der Waals surface area contributed by atoms with Crippen molar-refractivity contribution in [3.63, 3.8) is 0 Å². The zero-order valence-electron chi connectivity index (χ0n) is 8.31. The van der Waals surface area contributed by atoms with Gasteiger partial charge in [-0.3, -0.25) is 9.59 Å². The molecule has 4 heteroatoms. The summed E-state index contributed by atoms with van der Waals surface area (Å²) in [4.78, 5) is 23.5. The summed E-state index contributed by atoms with van der Waals surface area (Å²) < 4.78 is 1.01. The molecule has 1 aliphatic carbocycles. The summed E-state index contributed by atoms with van der Waals surface area (Å²) in [5, 5.41) is 2.75. The van der Waals surface area contributed by atoms with Crippen LogP contribution in [0.3, 0.4) is 0 Å². The van der Waals surface area contributed by atoms with Crippen LogP contribution >= 0.6 is 15.9 Å². The van der Waals surface area contributed by atoms with E-state index in [4.69, 9.17) is 0 Å². The molecule has 2 aliphatic rings. The molecule has 0 atom stereocenters. The monoisotopic (exact) mass is 269 g/mol. The predicted molar refractivity (Wildman–Crippen MR) is 60.5 cm³/mol. The molecule has 15 heavy (non-hydrogen) atoms. The number of allylic oxidation sites excluding steroid dienone is 3. The van der Waals surface area contributed by atoms with E-state index < -0.39 is 0 Å². The fraction of sp³-hybridized carbons (Fsp3) is 0.455. The van der Waals surface area contributed by atoms with Gasteiger partial charge in [-0.1, -0.05) is 15.9 Å². The lowest BCUT2D eigenvalue weighted by atomic mass is 10.0. The molecule has 0 aromatic carbocycles. The minimum Gasteiger partial charge on any atom is -0.352 e. The maximum absolute atomic E-state index is 11.8. The van der Waals surface area contributed by atoms with Gasteiger partial charge in [-0.15, -0.1) is 0 Å². The number of carbonyl (C=O) groups excluding carboxylic acids is 2. The van der Waals surface area contributed by atoms with Crippen molar-refractivity contribution in [2.45, 2.75) is 25.7 Å². The second-order valence-electron chi connectivity index (χ2n) is 3.77. The van der Waals surface area contributed by atoms with Gasteiger partial charge >= 0.3 is 0 Å². The van der Waals surface area contributed by atoms with Gasteiger partial charge in [-0.25, -0.2) is 0 Å². The fourth-order valence-electron chi connectivity index (χ4n) is 1.90. The molecule has 0 saturated heterocycles. The van der Waals surface area contributed by atoms with Crippen LogP contribution in [0.5, 0.6) is 0 Å². The average Bonchev–Trinajstić information content (AvgIpc) is 2.44. The van der Waals surface area contributed by atoms with Crippen molar-refractivity contribution in [2.24, 2.45) is 0 Å². The Bertz CT molecular complexity index is 382. The Morgan fingerprint density at radius 1 is 1.20 bits per heavy atom. The number of rotatable bonds is 0. The maximum atomic E-state index is 11.8. The smallest absolute Gasteiger partial charge is 0.247 e. The molecule has 0 fully saturated rings. The highest BCUT2D eigenvalue weighted by molar-refractivity contribution is 9.11. The number of Topliss-reactive ketones (excluding diaryl/α,β-unsaturated/α-hetero) is 1. The molecule has 3 nitrogen and oxygen atoms in total. The van der Waals surface area contributed by atoms with E-state index in [-0.39, 0.29) is 11.7 Å². The van der Waals surface area contributed by atoms with E-state index in [1.54, 1.807) is 0 Å². The van der Waals surface area contributed by atoms with Crippen molar-refractivity contribution in [3.05, 3.63) is 21.7 Å². The predicted octanol–water partition coefficient (Wildman–Crippen LogP) is 1.83. The molecule has 0 aromatic heterocycles. The van der Waals surface area contributed by atoms with Crippen molar-refractivity contribution < 1.29 is 9.59 Å². The van der Waals surface area contributed by atoms with Crippen molar-refractivity contribution in [1.82, 2.24) is 5.32 Å². The van der Waals surface area contributed by atoms with Crippen LogP contribution in [-0.2, 0) is 9.59 Å². The molecule has 2 rings (SSSR count). The molecule has 0 unspecified atom stereocenters. The lowest BCUT2D eigenvalue weighted by Crippen LogP contribution is -2.24. The van der Waals surface area contributed by atoms with E-state index in [1.165, 1.54) is 0 Å². The molecule has 80 valence electrons. The van der Waals surface area contributed by atoms with Crippen LogP contribution < -0.4 is 5.32 Å². The summed E-state index contributed by atoms with van der Waals surface area (Å²) in [6.45, 7) is 0.454. The van der Waals surface area contributed by atoms with Gasteiger partial charge in [0.05, 0.1) is 0 Å². The van der Waals surface area contributed by atoms with Gasteiger partial charge in [-0.05, 0) is 29.8 Å². The standard InChI is InChI=1S/C11H12BrNO2/c12-7-2-1-3-8-9(6-7)10(14)4-5-13-11(8)15/h6H,1-5H2,(H,13,15). The van der Waals surface area contributed by atoms with E-state index in [9.17, 15) is 9.59 Å². The fourth-order valence-corrected chi connectivity index (χ4v) is 2.41. The topological polar surface area (TPSA) is 46.2 Å². The highest BCUT2D eigenvalue weighted by atomic mass is 79.9. The van der Waals surface area contributed by atoms with Crippen LogP contribution in [0.25, 0.3) is 0 Å². The number of carbonyl (C=O) groups is 2. The average molecular weight is 270 g/mol. The van der Waals surface area contributed by atoms with Crippen LogP contribution in [-0.4, -0.2) is 18.2 Å². The Kier molecular flexibility index (Phi) is 3.05. The van der Waals surface area contributed by atoms with E-state index in [1.807, 2.05) is 6.08 Å². The first-order chi connectivity index (χ1) is 7.18. The van der Waals surface area contributed by atoms with Gasteiger partial charge in [0.2, 0.25) is 5.91 Å². The third-order valence-electron chi connectivity index (χ3n) is 2.68. The molecule has 0 radical (unpaired) electrons. The van der Waals surface area contributed by atoms with Gasteiger partial charge in [0.25, 0.3) is 0 Å². The minimum atomic E-state index is -0.0747. The highest BCUT2D eigenvalue weighted by Crippen LogP contribution is 2.28. The molecule has 0 spiro atoms. The van der Waals surface area contributed by atoms with Crippen LogP contribution in [0.2, 0.25) is 0 Å². The van der Waals surface area contributed by atoms with E-state index in [2.05, 4.69) is 21.2 Å². The van der Waals surface area contributed by atoms with Crippen molar-refractivity contribution >= 4 is 27.6 Å². The zero-order valence-corrected chi connectivity index (χ0v) is 9.89. The van der Waals surface area contributed by atoms with Crippen molar-refractivity contribution in [2.75, 3.05) is 6.54 Å². The normalized spacial score (nSPS) is 22.6. The highest BCUT2D eigenvalue weighted by Gasteiger charge is 2.24. The van der Waals surface area contributed by atoms with Crippen LogP contribution in [0.1, 0.15) is 25.7 Å². The molecule has 1 amide bonds. The number of halogens is 1. The number of amides is 1. The first-order valence-corrected chi connectivity index (χ1v) is 5.88. The van der Waals surface area contributed by atoms with Gasteiger partial charge in [-0.2, -0.15) is 0 Å². The number of nitrogens with one attached hydrogen (secondary N) is 1. The molecular weight excluding hydrogens is 258 g/mol. The number of hydrogen-bond acceptors (Lipinski definition) is 2. The van der Waals surface area contributed by atoms with Crippen molar-refractivity contribution in [1.29, 1.82) is 0 Å². The summed E-state index contributed by atoms with van der Waals surface area (Å²) in [5.74, 6) is -0.00324. The Morgan fingerprint density at radius 3 is 2.80 bits per heavy atom. The first-order valence-electron chi connectivity index (χ1n) is 5.09. The van der Waals surface area contributed by atoms with Gasteiger partial charge in [0.15, 0.2) is 5.78 Å². The Hall–Kier alpha value is -0.900. The molecule has 0 aromatic rings. The van der Waals surface area contributed by atoms with Crippen molar-refractivity contribution in [3.8, 4) is 0 Å². The molecule has 0 saturated carbocycles. The number of ketones is 1. The SMILES string of the molecule is O=C1CCNC(=O)C2=C1C=C(Br)CCC2. The summed E-state index contributed by atoms with van der Waals surface area (Å²) in [6.07, 6.45) is 4.72. The van der Waals surface area contributed by atoms with E-state index in [0.29, 0.717) is 30.5 Å². The Balaban J connectivity index is 2.47. The lowest BCUT2D eigenvalue weighted by molar-refractivity contribution is -0.117. The second-order valence-corrected chi connectivity index (χ2v) is 4.78. The lowest BCUT2D eigenvalue weighted by Gasteiger charge is -2.04. The summed E-state index contributed by atoms with van der Waals surface area (Å²) >= 11 is 3.42. The third-order valence-corrected chi connectivity index (χ3v) is 3.31. The second kappa shape index (κ2) is 4.31. The summed E-state index contributed by atoms with van der Waals surface area (Å²) in [6, 6.07) is 0. The van der Waals surface area contributed by atoms with Gasteiger partial charge in [0, 0.05) is 24.1 Å². The van der Waals surface area contributed by atoms with Crippen LogP contribution in [0.15, 0.2) is 21.7 Å². The summed E-state index contributed by atoms with van der Waals surface area (Å²) in [5.41, 5.74) is 1.27. The van der Waals surface area contributed by atoms with Crippen LogP contribution in [0.4, 0.5) is 0 Å². The molecule has 1 aliphatic heterocycles. The first kappa shape index (κ1) is 10.6.